The second-order valence-electron chi connectivity index (χ2n) is 3.10. The van der Waals surface area contributed by atoms with Gasteiger partial charge in [-0.2, -0.15) is 0 Å². The van der Waals surface area contributed by atoms with Crippen LogP contribution in [0, 0.1) is 0 Å². The maximum absolute atomic E-state index is 11.2. The van der Waals surface area contributed by atoms with Gasteiger partial charge in [-0.25, -0.2) is 9.97 Å². The lowest BCUT2D eigenvalue weighted by molar-refractivity contribution is 0.0997. The maximum Gasteiger partial charge on any atom is 0.252 e. The number of nitrogens with two attached hydrogens (primary N) is 1. The molecule has 5 nitrogen and oxygen atoms in total. The van der Waals surface area contributed by atoms with Crippen LogP contribution in [0.2, 0.25) is 5.15 Å². The van der Waals surface area contributed by atoms with Crippen molar-refractivity contribution in [1.29, 1.82) is 0 Å². The van der Waals surface area contributed by atoms with Crippen LogP contribution >= 0.6 is 11.6 Å². The van der Waals surface area contributed by atoms with Crippen molar-refractivity contribution in [3.63, 3.8) is 0 Å². The highest BCUT2D eigenvalue weighted by molar-refractivity contribution is 6.34. The topological polar surface area (TPSA) is 78.1 Å². The van der Waals surface area contributed by atoms with Crippen LogP contribution in [0.3, 0.4) is 0 Å². The molecule has 0 spiro atoms. The molecule has 0 aliphatic rings. The summed E-state index contributed by atoms with van der Waals surface area (Å²) in [6.45, 7) is 0. The second kappa shape index (κ2) is 3.94. The van der Waals surface area contributed by atoms with Crippen LogP contribution in [0.5, 0.6) is 5.75 Å². The van der Waals surface area contributed by atoms with E-state index in [-0.39, 0.29) is 10.7 Å². The molecule has 0 unspecified atom stereocenters. The van der Waals surface area contributed by atoms with Crippen LogP contribution in [0.4, 0.5) is 0 Å². The standard InChI is InChI=1S/C10H8ClN3O2/c1-16-8-3-7-5(2-6(8)10(12)15)9(11)14-4-13-7/h2-4H,1H3,(H2,12,15). The Bertz CT molecular complexity index is 571. The summed E-state index contributed by atoms with van der Waals surface area (Å²) in [5.74, 6) is -0.214. The molecule has 0 fully saturated rings. The van der Waals surface area contributed by atoms with Gasteiger partial charge in [0.2, 0.25) is 0 Å². The smallest absolute Gasteiger partial charge is 0.252 e. The van der Waals surface area contributed by atoms with E-state index in [2.05, 4.69) is 9.97 Å². The van der Waals surface area contributed by atoms with Crippen molar-refractivity contribution in [3.05, 3.63) is 29.2 Å². The number of halogens is 1. The van der Waals surface area contributed by atoms with Gasteiger partial charge in [-0.1, -0.05) is 11.6 Å². The molecular formula is C10H8ClN3O2. The van der Waals surface area contributed by atoms with Crippen molar-refractivity contribution in [1.82, 2.24) is 9.97 Å². The van der Waals surface area contributed by atoms with E-state index in [9.17, 15) is 4.79 Å². The van der Waals surface area contributed by atoms with E-state index < -0.39 is 5.91 Å². The largest absolute Gasteiger partial charge is 0.496 e. The first kappa shape index (κ1) is 10.6. The predicted molar refractivity (Wildman–Crippen MR) is 59.6 cm³/mol. The number of amides is 1. The summed E-state index contributed by atoms with van der Waals surface area (Å²) in [6, 6.07) is 3.13. The number of rotatable bonds is 2. The van der Waals surface area contributed by atoms with Crippen LogP contribution in [0.1, 0.15) is 10.4 Å². The van der Waals surface area contributed by atoms with Crippen molar-refractivity contribution >= 4 is 28.4 Å². The first-order valence-electron chi connectivity index (χ1n) is 4.41. The molecule has 2 aromatic rings. The van der Waals surface area contributed by atoms with Gasteiger partial charge in [-0.3, -0.25) is 4.79 Å². The van der Waals surface area contributed by atoms with Crippen LogP contribution < -0.4 is 10.5 Å². The Labute approximate surface area is 96.2 Å². The van der Waals surface area contributed by atoms with Crippen LogP contribution in [0.25, 0.3) is 10.9 Å². The molecule has 16 heavy (non-hydrogen) atoms. The van der Waals surface area contributed by atoms with Crippen molar-refractivity contribution in [2.24, 2.45) is 5.73 Å². The lowest BCUT2D eigenvalue weighted by Gasteiger charge is -2.07. The van der Waals surface area contributed by atoms with Crippen molar-refractivity contribution in [2.45, 2.75) is 0 Å². The number of methoxy groups -OCH3 is 1. The highest BCUT2D eigenvalue weighted by Gasteiger charge is 2.12. The van der Waals surface area contributed by atoms with Crippen LogP contribution in [0.15, 0.2) is 18.5 Å². The van der Waals surface area contributed by atoms with Gasteiger partial charge in [0, 0.05) is 11.5 Å². The minimum atomic E-state index is -0.585. The summed E-state index contributed by atoms with van der Waals surface area (Å²) in [5.41, 5.74) is 6.08. The van der Waals surface area contributed by atoms with Crippen molar-refractivity contribution in [3.8, 4) is 5.75 Å². The number of benzene rings is 1. The van der Waals surface area contributed by atoms with Gasteiger partial charge < -0.3 is 10.5 Å². The SMILES string of the molecule is COc1cc2ncnc(Cl)c2cc1C(N)=O. The van der Waals surface area contributed by atoms with E-state index in [1.165, 1.54) is 19.5 Å². The molecule has 0 bridgehead atoms. The number of primary amides is 1. The molecule has 0 saturated carbocycles. The highest BCUT2D eigenvalue weighted by Crippen LogP contribution is 2.27. The van der Waals surface area contributed by atoms with Gasteiger partial charge in [0.25, 0.3) is 5.91 Å². The minimum absolute atomic E-state index is 0.256. The summed E-state index contributed by atoms with van der Waals surface area (Å²) < 4.78 is 5.05. The Morgan fingerprint density at radius 2 is 2.19 bits per heavy atom. The molecule has 0 radical (unpaired) electrons. The summed E-state index contributed by atoms with van der Waals surface area (Å²) in [4.78, 5) is 19.0. The van der Waals surface area contributed by atoms with Crippen LogP contribution in [-0.4, -0.2) is 23.0 Å². The molecule has 1 aromatic heterocycles. The fourth-order valence-corrected chi connectivity index (χ4v) is 1.61. The van der Waals surface area contributed by atoms with E-state index >= 15 is 0 Å². The Kier molecular flexibility index (Phi) is 2.62. The van der Waals surface area contributed by atoms with E-state index in [0.717, 1.165) is 0 Å². The summed E-state index contributed by atoms with van der Waals surface area (Å²) in [7, 11) is 1.45. The fraction of sp³-hybridized carbons (Fsp3) is 0.100. The molecule has 6 heteroatoms. The third-order valence-electron chi connectivity index (χ3n) is 2.17. The maximum atomic E-state index is 11.2. The molecule has 1 heterocycles. The number of carbonyl (C=O) groups is 1. The zero-order valence-corrected chi connectivity index (χ0v) is 9.15. The van der Waals surface area contributed by atoms with Gasteiger partial charge in [-0.05, 0) is 6.07 Å². The number of ether oxygens (including phenoxy) is 1. The second-order valence-corrected chi connectivity index (χ2v) is 3.46. The van der Waals surface area contributed by atoms with Crippen LogP contribution in [-0.2, 0) is 0 Å². The van der Waals surface area contributed by atoms with Gasteiger partial charge in [0.1, 0.15) is 17.2 Å². The van der Waals surface area contributed by atoms with Crippen molar-refractivity contribution < 1.29 is 9.53 Å². The normalized spacial score (nSPS) is 10.4. The zero-order chi connectivity index (χ0) is 11.7. The summed E-state index contributed by atoms with van der Waals surface area (Å²) in [6.07, 6.45) is 1.34. The van der Waals surface area contributed by atoms with E-state index in [1.807, 2.05) is 0 Å². The first-order valence-corrected chi connectivity index (χ1v) is 4.79. The molecular weight excluding hydrogens is 230 g/mol. The summed E-state index contributed by atoms with van der Waals surface area (Å²) in [5, 5.41) is 0.842. The molecule has 0 saturated heterocycles. The molecule has 2 N–H and O–H groups in total. The number of hydrogen-bond donors (Lipinski definition) is 1. The number of hydrogen-bond acceptors (Lipinski definition) is 4. The molecule has 0 aliphatic heterocycles. The minimum Gasteiger partial charge on any atom is -0.496 e. The highest BCUT2D eigenvalue weighted by atomic mass is 35.5. The Morgan fingerprint density at radius 1 is 1.44 bits per heavy atom. The third kappa shape index (κ3) is 1.65. The average molecular weight is 238 g/mol. The molecule has 2 rings (SSSR count). The van der Waals surface area contributed by atoms with Gasteiger partial charge in [-0.15, -0.1) is 0 Å². The lowest BCUT2D eigenvalue weighted by atomic mass is 10.1. The number of fused-ring (bicyclic) bond motifs is 1. The van der Waals surface area contributed by atoms with Crippen molar-refractivity contribution in [2.75, 3.05) is 7.11 Å². The van der Waals surface area contributed by atoms with E-state index in [0.29, 0.717) is 16.7 Å². The number of carbonyl (C=O) groups excluding carboxylic acids is 1. The number of aromatic nitrogens is 2. The molecule has 0 atom stereocenters. The average Bonchev–Trinajstić information content (AvgIpc) is 2.27. The lowest BCUT2D eigenvalue weighted by Crippen LogP contribution is -2.12. The molecule has 0 aliphatic carbocycles. The molecule has 82 valence electrons. The zero-order valence-electron chi connectivity index (χ0n) is 8.40. The van der Waals surface area contributed by atoms with Gasteiger partial charge in [0.05, 0.1) is 18.2 Å². The quantitative estimate of drug-likeness (QED) is 0.801. The number of nitrogens with zero attached hydrogens (tertiary/aromatic N) is 2. The predicted octanol–water partition coefficient (Wildman–Crippen LogP) is 1.39. The first-order chi connectivity index (χ1) is 7.63. The molecule has 1 amide bonds. The Hall–Kier alpha value is -1.88. The van der Waals surface area contributed by atoms with Gasteiger partial charge >= 0.3 is 0 Å². The van der Waals surface area contributed by atoms with E-state index in [4.69, 9.17) is 22.1 Å². The third-order valence-corrected chi connectivity index (χ3v) is 2.47. The fourth-order valence-electron chi connectivity index (χ4n) is 1.41. The Balaban J connectivity index is 2.81. The summed E-state index contributed by atoms with van der Waals surface area (Å²) >= 11 is 5.89. The molecule has 1 aromatic carbocycles. The van der Waals surface area contributed by atoms with Gasteiger partial charge in [0.15, 0.2) is 0 Å². The monoisotopic (exact) mass is 237 g/mol. The van der Waals surface area contributed by atoms with E-state index in [1.54, 1.807) is 6.07 Å². The Morgan fingerprint density at radius 3 is 2.81 bits per heavy atom.